The zero-order valence-electron chi connectivity index (χ0n) is 10.8. The Kier molecular flexibility index (Phi) is 6.22. The Morgan fingerprint density at radius 3 is 2.05 bits per heavy atom. The second-order valence-electron chi connectivity index (χ2n) is 4.80. The fraction of sp³-hybridized carbons (Fsp3) is 0.250. The van der Waals surface area contributed by atoms with E-state index in [4.69, 9.17) is 34.8 Å². The van der Waals surface area contributed by atoms with Crippen LogP contribution in [0.3, 0.4) is 0 Å². The summed E-state index contributed by atoms with van der Waals surface area (Å²) in [5.74, 6) is 1.01. The molecule has 106 valence electrons. The first-order valence-electron chi connectivity index (χ1n) is 6.33. The van der Waals surface area contributed by atoms with Crippen LogP contribution < -0.4 is 0 Å². The molecular weight excluding hydrogens is 378 g/mol. The Hall–Kier alpha value is -0.210. The Morgan fingerprint density at radius 1 is 0.850 bits per heavy atom. The molecule has 0 radical (unpaired) electrons. The molecule has 0 heterocycles. The van der Waals surface area contributed by atoms with Crippen LogP contribution in [0.15, 0.2) is 46.9 Å². The third kappa shape index (κ3) is 4.66. The standard InChI is InChI=1S/C16H14BrCl3/c17-14-4-1-11(2-5-14)7-13(10-18)8-12-3-6-15(19)16(20)9-12/h1-6,9,13H,7-8,10H2. The molecule has 2 rings (SSSR count). The van der Waals surface area contributed by atoms with Gasteiger partial charge in [0.05, 0.1) is 10.0 Å². The second kappa shape index (κ2) is 7.70. The van der Waals surface area contributed by atoms with Crippen molar-refractivity contribution in [3.8, 4) is 0 Å². The molecule has 0 nitrogen and oxygen atoms in total. The lowest BCUT2D eigenvalue weighted by molar-refractivity contribution is 0.584. The van der Waals surface area contributed by atoms with Crippen molar-refractivity contribution < 1.29 is 0 Å². The third-order valence-corrected chi connectivity index (χ3v) is 4.87. The van der Waals surface area contributed by atoms with E-state index in [1.165, 1.54) is 11.1 Å². The summed E-state index contributed by atoms with van der Waals surface area (Å²) in [6.45, 7) is 0. The maximum atomic E-state index is 6.10. The van der Waals surface area contributed by atoms with Gasteiger partial charge in [0.2, 0.25) is 0 Å². The Balaban J connectivity index is 2.04. The van der Waals surface area contributed by atoms with Crippen molar-refractivity contribution in [1.29, 1.82) is 0 Å². The van der Waals surface area contributed by atoms with Crippen molar-refractivity contribution in [3.63, 3.8) is 0 Å². The normalized spacial score (nSPS) is 12.4. The Labute approximate surface area is 143 Å². The molecule has 0 fully saturated rings. The predicted molar refractivity (Wildman–Crippen MR) is 92.2 cm³/mol. The molecule has 0 bridgehead atoms. The first-order chi connectivity index (χ1) is 9.58. The minimum atomic E-state index is 0.384. The van der Waals surface area contributed by atoms with Gasteiger partial charge in [-0.3, -0.25) is 0 Å². The van der Waals surface area contributed by atoms with Gasteiger partial charge in [-0.15, -0.1) is 11.6 Å². The van der Waals surface area contributed by atoms with Crippen LogP contribution in [-0.2, 0) is 12.8 Å². The highest BCUT2D eigenvalue weighted by Crippen LogP contribution is 2.25. The summed E-state index contributed by atoms with van der Waals surface area (Å²) in [6, 6.07) is 14.1. The summed E-state index contributed by atoms with van der Waals surface area (Å²) < 4.78 is 1.09. The number of alkyl halides is 1. The van der Waals surface area contributed by atoms with E-state index in [0.717, 1.165) is 17.3 Å². The van der Waals surface area contributed by atoms with Crippen molar-refractivity contribution in [1.82, 2.24) is 0 Å². The minimum Gasteiger partial charge on any atom is -0.126 e. The van der Waals surface area contributed by atoms with E-state index < -0.39 is 0 Å². The van der Waals surface area contributed by atoms with Gasteiger partial charge in [-0.2, -0.15) is 0 Å². The van der Waals surface area contributed by atoms with E-state index in [1.807, 2.05) is 18.2 Å². The number of hydrogen-bond acceptors (Lipinski definition) is 0. The zero-order chi connectivity index (χ0) is 14.5. The van der Waals surface area contributed by atoms with E-state index in [0.29, 0.717) is 21.8 Å². The average molecular weight is 393 g/mol. The highest BCUT2D eigenvalue weighted by atomic mass is 79.9. The quantitative estimate of drug-likeness (QED) is 0.517. The van der Waals surface area contributed by atoms with Crippen molar-refractivity contribution in [2.45, 2.75) is 12.8 Å². The molecule has 0 spiro atoms. The average Bonchev–Trinajstić information content (AvgIpc) is 2.44. The van der Waals surface area contributed by atoms with Gasteiger partial charge in [0.25, 0.3) is 0 Å². The van der Waals surface area contributed by atoms with Crippen LogP contribution >= 0.6 is 50.7 Å². The lowest BCUT2D eigenvalue weighted by Gasteiger charge is -2.14. The molecule has 1 unspecified atom stereocenters. The van der Waals surface area contributed by atoms with Gasteiger partial charge in [0.15, 0.2) is 0 Å². The van der Waals surface area contributed by atoms with Crippen LogP contribution in [0.2, 0.25) is 10.0 Å². The second-order valence-corrected chi connectivity index (χ2v) is 6.84. The SMILES string of the molecule is ClCC(Cc1ccc(Br)cc1)Cc1ccc(Cl)c(Cl)c1. The van der Waals surface area contributed by atoms with E-state index in [2.05, 4.69) is 40.2 Å². The molecule has 0 N–H and O–H groups in total. The zero-order valence-corrected chi connectivity index (χ0v) is 14.6. The van der Waals surface area contributed by atoms with Crippen LogP contribution in [0.1, 0.15) is 11.1 Å². The van der Waals surface area contributed by atoms with E-state index in [1.54, 1.807) is 0 Å². The summed E-state index contributed by atoms with van der Waals surface area (Å²) in [6.07, 6.45) is 1.85. The van der Waals surface area contributed by atoms with Crippen LogP contribution in [0.5, 0.6) is 0 Å². The number of halogens is 4. The largest absolute Gasteiger partial charge is 0.126 e. The van der Waals surface area contributed by atoms with Crippen LogP contribution in [0.25, 0.3) is 0 Å². The van der Waals surface area contributed by atoms with E-state index in [-0.39, 0.29) is 0 Å². The van der Waals surface area contributed by atoms with Crippen LogP contribution in [0, 0.1) is 5.92 Å². The molecule has 4 heteroatoms. The van der Waals surface area contributed by atoms with Gasteiger partial charge >= 0.3 is 0 Å². The summed E-state index contributed by atoms with van der Waals surface area (Å²) in [7, 11) is 0. The number of hydrogen-bond donors (Lipinski definition) is 0. The summed E-state index contributed by atoms with van der Waals surface area (Å²) in [4.78, 5) is 0. The summed E-state index contributed by atoms with van der Waals surface area (Å²) in [5, 5.41) is 1.19. The minimum absolute atomic E-state index is 0.384. The monoisotopic (exact) mass is 390 g/mol. The third-order valence-electron chi connectivity index (χ3n) is 3.16. The molecule has 2 aromatic rings. The predicted octanol–water partition coefficient (Wildman–Crippen LogP) is 6.40. The summed E-state index contributed by atoms with van der Waals surface area (Å²) >= 11 is 21.5. The fourth-order valence-corrected chi connectivity index (χ4v) is 2.94. The highest BCUT2D eigenvalue weighted by Gasteiger charge is 2.11. The first-order valence-corrected chi connectivity index (χ1v) is 8.41. The van der Waals surface area contributed by atoms with Gasteiger partial charge in [-0.1, -0.05) is 57.3 Å². The van der Waals surface area contributed by atoms with Crippen LogP contribution in [0.4, 0.5) is 0 Å². The molecule has 0 aliphatic heterocycles. The molecule has 1 atom stereocenters. The highest BCUT2D eigenvalue weighted by molar-refractivity contribution is 9.10. The van der Waals surface area contributed by atoms with Gasteiger partial charge in [0.1, 0.15) is 0 Å². The van der Waals surface area contributed by atoms with E-state index >= 15 is 0 Å². The van der Waals surface area contributed by atoms with Crippen LogP contribution in [-0.4, -0.2) is 5.88 Å². The number of benzene rings is 2. The lowest BCUT2D eigenvalue weighted by atomic mass is 9.94. The maximum Gasteiger partial charge on any atom is 0.0595 e. The Bertz CT molecular complexity index is 566. The van der Waals surface area contributed by atoms with E-state index in [9.17, 15) is 0 Å². The van der Waals surface area contributed by atoms with Crippen molar-refractivity contribution in [2.24, 2.45) is 5.92 Å². The smallest absolute Gasteiger partial charge is 0.0595 e. The molecule has 0 saturated heterocycles. The molecule has 0 aliphatic carbocycles. The molecule has 0 aromatic heterocycles. The first kappa shape index (κ1) is 16.2. The molecule has 0 amide bonds. The van der Waals surface area contributed by atoms with Gasteiger partial charge < -0.3 is 0 Å². The fourth-order valence-electron chi connectivity index (χ4n) is 2.14. The van der Waals surface area contributed by atoms with Gasteiger partial charge in [-0.05, 0) is 54.2 Å². The molecule has 0 aliphatic rings. The Morgan fingerprint density at radius 2 is 1.45 bits per heavy atom. The maximum absolute atomic E-state index is 6.10. The van der Waals surface area contributed by atoms with Crippen molar-refractivity contribution in [2.75, 3.05) is 5.88 Å². The molecule has 0 saturated carbocycles. The topological polar surface area (TPSA) is 0 Å². The summed E-state index contributed by atoms with van der Waals surface area (Å²) in [5.41, 5.74) is 2.46. The molecule has 2 aromatic carbocycles. The lowest BCUT2D eigenvalue weighted by Crippen LogP contribution is -2.10. The van der Waals surface area contributed by atoms with Gasteiger partial charge in [0, 0.05) is 10.4 Å². The molecule has 20 heavy (non-hydrogen) atoms. The van der Waals surface area contributed by atoms with Gasteiger partial charge in [-0.25, -0.2) is 0 Å². The van der Waals surface area contributed by atoms with Crippen molar-refractivity contribution >= 4 is 50.7 Å². The van der Waals surface area contributed by atoms with Crippen molar-refractivity contribution in [3.05, 3.63) is 68.1 Å². The molecular formula is C16H14BrCl3. The number of rotatable bonds is 5.